The molecular weight excluding hydrogens is 418 g/mol. The number of hydrogen-bond donors (Lipinski definition) is 0. The maximum Gasteiger partial charge on any atom is 0.270 e. The third-order valence-corrected chi connectivity index (χ3v) is 4.67. The smallest absolute Gasteiger partial charge is 0.270 e. The van der Waals surface area contributed by atoms with E-state index in [1.165, 1.54) is 53.2 Å². The first kappa shape index (κ1) is 20.5. The van der Waals surface area contributed by atoms with Crippen LogP contribution in [-0.2, 0) is 0 Å². The van der Waals surface area contributed by atoms with Crippen LogP contribution in [0.15, 0.2) is 54.9 Å². The van der Waals surface area contributed by atoms with Crippen LogP contribution >= 0.6 is 0 Å². The molecule has 0 fully saturated rings. The molecule has 32 heavy (non-hydrogen) atoms. The highest BCUT2D eigenvalue weighted by atomic mass is 16.6. The number of aromatic nitrogens is 4. The monoisotopic (exact) mass is 433 g/mol. The zero-order valence-electron chi connectivity index (χ0n) is 16.9. The molecule has 0 saturated carbocycles. The van der Waals surface area contributed by atoms with Crippen LogP contribution in [0.25, 0.3) is 17.0 Å². The van der Waals surface area contributed by atoms with E-state index in [9.17, 15) is 25.0 Å². The molecule has 0 N–H and O–H groups in total. The van der Waals surface area contributed by atoms with Gasteiger partial charge in [-0.05, 0) is 12.1 Å². The van der Waals surface area contributed by atoms with Gasteiger partial charge in [0.2, 0.25) is 17.5 Å². The Kier molecular flexibility index (Phi) is 5.02. The highest BCUT2D eigenvalue weighted by molar-refractivity contribution is 6.12. The second-order valence-corrected chi connectivity index (χ2v) is 6.97. The van der Waals surface area contributed by atoms with Crippen molar-refractivity contribution in [1.82, 2.24) is 19.4 Å². The first-order chi connectivity index (χ1) is 15.3. The van der Waals surface area contributed by atoms with Crippen LogP contribution in [0.1, 0.15) is 16.1 Å². The number of nitro benzene ring substituents is 2. The number of hydrogen-bond acceptors (Lipinski definition) is 9. The van der Waals surface area contributed by atoms with Gasteiger partial charge in [-0.3, -0.25) is 29.4 Å². The number of rotatable bonds is 6. The number of ketones is 1. The summed E-state index contributed by atoms with van der Waals surface area (Å²) in [5.74, 6) is 0.0491. The SMILES string of the molecule is CN(C)c1ncn2c(C(=O)c3ccc([N+](=O)[O-])cc3)c(-c3cccc([N+](=O)[O-])c3)nc2n1. The zero-order valence-corrected chi connectivity index (χ0v) is 16.9. The number of anilines is 1. The molecule has 0 spiro atoms. The van der Waals surface area contributed by atoms with Crippen molar-refractivity contribution in [3.63, 3.8) is 0 Å². The van der Waals surface area contributed by atoms with Gasteiger partial charge in [0.05, 0.1) is 9.85 Å². The molecule has 0 saturated heterocycles. The standard InChI is InChI=1S/C20H15N7O5/c1-24(2)19-21-11-25-17(18(28)12-6-8-14(9-7-12)26(29)30)16(22-20(25)23-19)13-4-3-5-15(10-13)27(31)32/h3-11H,1-2H3. The number of benzene rings is 2. The van der Waals surface area contributed by atoms with Gasteiger partial charge < -0.3 is 4.90 Å². The maximum atomic E-state index is 13.4. The highest BCUT2D eigenvalue weighted by Gasteiger charge is 2.25. The minimum atomic E-state index is -0.562. The fraction of sp³-hybridized carbons (Fsp3) is 0.100. The summed E-state index contributed by atoms with van der Waals surface area (Å²) in [6.07, 6.45) is 1.39. The fourth-order valence-electron chi connectivity index (χ4n) is 3.11. The van der Waals surface area contributed by atoms with Crippen LogP contribution < -0.4 is 4.90 Å². The average Bonchev–Trinajstić information content (AvgIpc) is 3.17. The van der Waals surface area contributed by atoms with E-state index in [1.54, 1.807) is 25.1 Å². The molecule has 0 unspecified atom stereocenters. The summed E-state index contributed by atoms with van der Waals surface area (Å²) in [6, 6.07) is 10.9. The lowest BCUT2D eigenvalue weighted by molar-refractivity contribution is -0.385. The Labute approximate surface area is 180 Å². The molecule has 4 aromatic rings. The molecular formula is C20H15N7O5. The molecule has 0 amide bonds. The lowest BCUT2D eigenvalue weighted by Crippen LogP contribution is -2.14. The van der Waals surface area contributed by atoms with E-state index in [1.807, 2.05) is 0 Å². The number of non-ortho nitro benzene ring substituents is 2. The van der Waals surface area contributed by atoms with Gasteiger partial charge in [0.25, 0.3) is 11.4 Å². The second-order valence-electron chi connectivity index (χ2n) is 6.97. The molecule has 0 radical (unpaired) electrons. The lowest BCUT2D eigenvalue weighted by Gasteiger charge is -2.09. The maximum absolute atomic E-state index is 13.4. The molecule has 2 heterocycles. The van der Waals surface area contributed by atoms with Crippen LogP contribution in [0.2, 0.25) is 0 Å². The van der Waals surface area contributed by atoms with Crippen molar-refractivity contribution in [2.75, 3.05) is 19.0 Å². The molecule has 0 aliphatic carbocycles. The van der Waals surface area contributed by atoms with Gasteiger partial charge in [-0.15, -0.1) is 0 Å². The molecule has 4 rings (SSSR count). The van der Waals surface area contributed by atoms with Gasteiger partial charge in [0.1, 0.15) is 17.7 Å². The molecule has 0 bridgehead atoms. The number of carbonyl (C=O) groups is 1. The topological polar surface area (TPSA) is 150 Å². The molecule has 0 aliphatic rings. The normalized spacial score (nSPS) is 10.8. The number of nitro groups is 2. The van der Waals surface area contributed by atoms with Gasteiger partial charge in [-0.2, -0.15) is 4.98 Å². The van der Waals surface area contributed by atoms with E-state index in [-0.39, 0.29) is 34.1 Å². The van der Waals surface area contributed by atoms with Gasteiger partial charge in [-0.1, -0.05) is 12.1 Å². The third-order valence-electron chi connectivity index (χ3n) is 4.67. The first-order valence-corrected chi connectivity index (χ1v) is 9.22. The van der Waals surface area contributed by atoms with Gasteiger partial charge in [0, 0.05) is 49.5 Å². The predicted molar refractivity (Wildman–Crippen MR) is 114 cm³/mol. The van der Waals surface area contributed by atoms with Gasteiger partial charge in [-0.25, -0.2) is 9.97 Å². The largest absolute Gasteiger partial charge is 0.347 e. The fourth-order valence-corrected chi connectivity index (χ4v) is 3.11. The number of fused-ring (bicyclic) bond motifs is 1. The highest BCUT2D eigenvalue weighted by Crippen LogP contribution is 2.29. The number of imidazole rings is 1. The van der Waals surface area contributed by atoms with E-state index >= 15 is 0 Å². The summed E-state index contributed by atoms with van der Waals surface area (Å²) < 4.78 is 1.39. The van der Waals surface area contributed by atoms with E-state index in [0.717, 1.165) is 0 Å². The molecule has 0 aliphatic heterocycles. The number of carbonyl (C=O) groups excluding carboxylic acids is 1. The Bertz CT molecular complexity index is 1380. The van der Waals surface area contributed by atoms with E-state index in [4.69, 9.17) is 0 Å². The van der Waals surface area contributed by atoms with Crippen molar-refractivity contribution in [2.45, 2.75) is 0 Å². The quantitative estimate of drug-likeness (QED) is 0.254. The van der Waals surface area contributed by atoms with Crippen molar-refractivity contribution in [3.8, 4) is 11.3 Å². The summed E-state index contributed by atoms with van der Waals surface area (Å²) in [7, 11) is 3.50. The van der Waals surface area contributed by atoms with Crippen LogP contribution in [0.4, 0.5) is 17.3 Å². The van der Waals surface area contributed by atoms with Crippen LogP contribution in [0.3, 0.4) is 0 Å². The predicted octanol–water partition coefficient (Wildman–Crippen LogP) is 2.90. The van der Waals surface area contributed by atoms with Crippen LogP contribution in [0.5, 0.6) is 0 Å². The Morgan fingerprint density at radius 2 is 1.66 bits per heavy atom. The molecule has 2 aromatic carbocycles. The van der Waals surface area contributed by atoms with Gasteiger partial charge in [0.15, 0.2) is 0 Å². The Morgan fingerprint density at radius 1 is 0.969 bits per heavy atom. The zero-order chi connectivity index (χ0) is 23.0. The van der Waals surface area contributed by atoms with Crippen molar-refractivity contribution in [2.24, 2.45) is 0 Å². The third kappa shape index (κ3) is 3.60. The van der Waals surface area contributed by atoms with Gasteiger partial charge >= 0.3 is 0 Å². The summed E-state index contributed by atoms with van der Waals surface area (Å²) in [6.45, 7) is 0. The van der Waals surface area contributed by atoms with E-state index in [0.29, 0.717) is 11.5 Å². The Hall–Kier alpha value is -4.74. The van der Waals surface area contributed by atoms with Crippen molar-refractivity contribution < 1.29 is 14.6 Å². The Morgan fingerprint density at radius 3 is 2.28 bits per heavy atom. The molecule has 0 atom stereocenters. The molecule has 2 aromatic heterocycles. The second kappa shape index (κ2) is 7.83. The summed E-state index contributed by atoms with van der Waals surface area (Å²) in [4.78, 5) is 49.1. The molecule has 160 valence electrons. The summed E-state index contributed by atoms with van der Waals surface area (Å²) in [5, 5.41) is 22.2. The lowest BCUT2D eigenvalue weighted by atomic mass is 10.0. The summed E-state index contributed by atoms with van der Waals surface area (Å²) in [5.41, 5.74) is 0.481. The summed E-state index contributed by atoms with van der Waals surface area (Å²) >= 11 is 0. The van der Waals surface area contributed by atoms with Crippen LogP contribution in [-0.4, -0.2) is 49.1 Å². The number of nitrogens with zero attached hydrogens (tertiary/aromatic N) is 7. The van der Waals surface area contributed by atoms with E-state index in [2.05, 4.69) is 15.0 Å². The minimum absolute atomic E-state index is 0.0830. The average molecular weight is 433 g/mol. The van der Waals surface area contributed by atoms with Crippen molar-refractivity contribution >= 4 is 28.9 Å². The van der Waals surface area contributed by atoms with Crippen molar-refractivity contribution in [3.05, 3.63) is 86.3 Å². The first-order valence-electron chi connectivity index (χ1n) is 9.22. The minimum Gasteiger partial charge on any atom is -0.347 e. The van der Waals surface area contributed by atoms with Crippen molar-refractivity contribution in [1.29, 1.82) is 0 Å². The Balaban J connectivity index is 1.93. The van der Waals surface area contributed by atoms with Crippen LogP contribution in [0, 0.1) is 20.2 Å². The molecule has 12 nitrogen and oxygen atoms in total. The molecule has 12 heteroatoms. The van der Waals surface area contributed by atoms with E-state index < -0.39 is 15.6 Å².